The number of allylic oxidation sites excluding steroid dienone is 1. The molecule has 1 atom stereocenters. The zero-order valence-electron chi connectivity index (χ0n) is 12.5. The Kier molecular flexibility index (Phi) is 6.59. The maximum atomic E-state index is 11.9. The number of nitrogens with one attached hydrogen (secondary N) is 1. The van der Waals surface area contributed by atoms with Crippen molar-refractivity contribution < 1.29 is 19.1 Å². The third-order valence-electron chi connectivity index (χ3n) is 2.35. The molecule has 5 heteroatoms. The standard InChI is InChI=1S/C14H25NO4/c1-7-9-10-14(6,11(16)18-8-2)15-12(17)19-13(3,4)5/h7H,1,8-10H2,2-6H3,(H,15,17). The van der Waals surface area contributed by atoms with Crippen LogP contribution in [-0.2, 0) is 14.3 Å². The second kappa shape index (κ2) is 7.16. The lowest BCUT2D eigenvalue weighted by Crippen LogP contribution is -2.54. The van der Waals surface area contributed by atoms with Crippen LogP contribution < -0.4 is 5.32 Å². The van der Waals surface area contributed by atoms with Crippen molar-refractivity contribution in [2.45, 2.75) is 58.6 Å². The molecule has 0 bridgehead atoms. The smallest absolute Gasteiger partial charge is 0.408 e. The maximum absolute atomic E-state index is 11.9. The molecule has 0 saturated carbocycles. The van der Waals surface area contributed by atoms with Crippen LogP contribution in [0.1, 0.15) is 47.5 Å². The van der Waals surface area contributed by atoms with Crippen molar-refractivity contribution in [3.05, 3.63) is 12.7 Å². The van der Waals surface area contributed by atoms with Crippen LogP contribution >= 0.6 is 0 Å². The third kappa shape index (κ3) is 6.84. The zero-order chi connectivity index (χ0) is 15.1. The molecule has 0 heterocycles. The Bertz CT molecular complexity index is 333. The summed E-state index contributed by atoms with van der Waals surface area (Å²) in [4.78, 5) is 23.7. The molecule has 1 N–H and O–H groups in total. The highest BCUT2D eigenvalue weighted by atomic mass is 16.6. The molecule has 0 aliphatic rings. The quantitative estimate of drug-likeness (QED) is 0.596. The van der Waals surface area contributed by atoms with E-state index in [-0.39, 0.29) is 6.61 Å². The van der Waals surface area contributed by atoms with E-state index in [1.54, 1.807) is 40.7 Å². The Morgan fingerprint density at radius 2 is 1.84 bits per heavy atom. The van der Waals surface area contributed by atoms with Gasteiger partial charge >= 0.3 is 12.1 Å². The van der Waals surface area contributed by atoms with Crippen molar-refractivity contribution in [2.75, 3.05) is 6.61 Å². The van der Waals surface area contributed by atoms with Crippen molar-refractivity contribution >= 4 is 12.1 Å². The van der Waals surface area contributed by atoms with Crippen LogP contribution in [0.2, 0.25) is 0 Å². The molecule has 1 unspecified atom stereocenters. The average Bonchev–Trinajstić information content (AvgIpc) is 2.23. The molecule has 0 radical (unpaired) electrons. The first kappa shape index (κ1) is 17.5. The van der Waals surface area contributed by atoms with E-state index >= 15 is 0 Å². The van der Waals surface area contributed by atoms with E-state index in [2.05, 4.69) is 11.9 Å². The molecule has 0 aliphatic carbocycles. The minimum atomic E-state index is -1.10. The molecule has 0 aromatic rings. The van der Waals surface area contributed by atoms with Crippen LogP contribution in [0.4, 0.5) is 4.79 Å². The molecule has 0 aromatic carbocycles. The first-order chi connectivity index (χ1) is 8.64. The molecule has 0 rings (SSSR count). The van der Waals surface area contributed by atoms with E-state index in [1.807, 2.05) is 0 Å². The van der Waals surface area contributed by atoms with Crippen LogP contribution in [0.3, 0.4) is 0 Å². The molecule has 1 amide bonds. The van der Waals surface area contributed by atoms with Gasteiger partial charge in [0.05, 0.1) is 6.61 Å². The van der Waals surface area contributed by atoms with Gasteiger partial charge < -0.3 is 14.8 Å². The fourth-order valence-corrected chi connectivity index (χ4v) is 1.43. The minimum absolute atomic E-state index is 0.262. The van der Waals surface area contributed by atoms with Gasteiger partial charge in [-0.05, 0) is 47.5 Å². The monoisotopic (exact) mass is 271 g/mol. The molecule has 0 fully saturated rings. The Hall–Kier alpha value is -1.52. The molecule has 19 heavy (non-hydrogen) atoms. The lowest BCUT2D eigenvalue weighted by molar-refractivity contribution is -0.150. The van der Waals surface area contributed by atoms with Gasteiger partial charge in [0.25, 0.3) is 0 Å². The Morgan fingerprint density at radius 1 is 1.26 bits per heavy atom. The Morgan fingerprint density at radius 3 is 2.26 bits per heavy atom. The molecule has 0 aromatic heterocycles. The average molecular weight is 271 g/mol. The number of carbonyl (C=O) groups excluding carboxylic acids is 2. The predicted molar refractivity (Wildman–Crippen MR) is 73.8 cm³/mol. The van der Waals surface area contributed by atoms with Gasteiger partial charge in [-0.2, -0.15) is 0 Å². The summed E-state index contributed by atoms with van der Waals surface area (Å²) in [5.74, 6) is -0.470. The maximum Gasteiger partial charge on any atom is 0.408 e. The summed E-state index contributed by atoms with van der Waals surface area (Å²) in [7, 11) is 0. The van der Waals surface area contributed by atoms with E-state index in [0.717, 1.165) is 0 Å². The predicted octanol–water partition coefficient (Wildman–Crippen LogP) is 2.80. The molecule has 0 aliphatic heterocycles. The highest BCUT2D eigenvalue weighted by molar-refractivity contribution is 5.85. The summed E-state index contributed by atoms with van der Waals surface area (Å²) in [6, 6.07) is 0. The fraction of sp³-hybridized carbons (Fsp3) is 0.714. The summed E-state index contributed by atoms with van der Waals surface area (Å²) >= 11 is 0. The van der Waals surface area contributed by atoms with E-state index in [0.29, 0.717) is 12.8 Å². The summed E-state index contributed by atoms with van der Waals surface area (Å²) < 4.78 is 10.1. The SMILES string of the molecule is C=CCCC(C)(NC(=O)OC(C)(C)C)C(=O)OCC. The van der Waals surface area contributed by atoms with Gasteiger partial charge in [-0.15, -0.1) is 6.58 Å². The minimum Gasteiger partial charge on any atom is -0.464 e. The van der Waals surface area contributed by atoms with E-state index in [1.165, 1.54) is 0 Å². The number of ether oxygens (including phenoxy) is 2. The second-order valence-electron chi connectivity index (χ2n) is 5.51. The number of esters is 1. The molecule has 0 spiro atoms. The fourth-order valence-electron chi connectivity index (χ4n) is 1.43. The number of amides is 1. The van der Waals surface area contributed by atoms with Gasteiger partial charge in [0.2, 0.25) is 0 Å². The molecule has 110 valence electrons. The van der Waals surface area contributed by atoms with E-state index in [9.17, 15) is 9.59 Å². The zero-order valence-corrected chi connectivity index (χ0v) is 12.5. The summed E-state index contributed by atoms with van der Waals surface area (Å²) in [6.07, 6.45) is 2.06. The lowest BCUT2D eigenvalue weighted by atomic mass is 9.96. The van der Waals surface area contributed by atoms with Crippen LogP contribution in [0.5, 0.6) is 0 Å². The van der Waals surface area contributed by atoms with Gasteiger partial charge in [-0.1, -0.05) is 6.08 Å². The topological polar surface area (TPSA) is 64.6 Å². The van der Waals surface area contributed by atoms with Crippen LogP contribution in [0, 0.1) is 0 Å². The number of rotatable bonds is 6. The van der Waals surface area contributed by atoms with Crippen molar-refractivity contribution in [3.8, 4) is 0 Å². The second-order valence-corrected chi connectivity index (χ2v) is 5.51. The normalized spacial score (nSPS) is 14.2. The summed E-state index contributed by atoms with van der Waals surface area (Å²) in [6.45, 7) is 12.5. The van der Waals surface area contributed by atoms with E-state index < -0.39 is 23.2 Å². The Balaban J connectivity index is 4.80. The number of carbonyl (C=O) groups is 2. The number of alkyl carbamates (subject to hydrolysis) is 1. The van der Waals surface area contributed by atoms with E-state index in [4.69, 9.17) is 9.47 Å². The molecular formula is C14H25NO4. The highest BCUT2D eigenvalue weighted by Gasteiger charge is 2.37. The van der Waals surface area contributed by atoms with Crippen LogP contribution in [0.15, 0.2) is 12.7 Å². The van der Waals surface area contributed by atoms with Crippen molar-refractivity contribution in [1.82, 2.24) is 5.32 Å². The molecular weight excluding hydrogens is 246 g/mol. The van der Waals surface area contributed by atoms with Crippen LogP contribution in [0.25, 0.3) is 0 Å². The molecule has 5 nitrogen and oxygen atoms in total. The summed E-state index contributed by atoms with van der Waals surface area (Å²) in [5.41, 5.74) is -1.72. The van der Waals surface area contributed by atoms with Gasteiger partial charge in [-0.25, -0.2) is 9.59 Å². The first-order valence-corrected chi connectivity index (χ1v) is 6.44. The first-order valence-electron chi connectivity index (χ1n) is 6.44. The molecule has 0 saturated heterocycles. The van der Waals surface area contributed by atoms with Crippen molar-refractivity contribution in [2.24, 2.45) is 0 Å². The van der Waals surface area contributed by atoms with Gasteiger partial charge in [0.15, 0.2) is 0 Å². The summed E-state index contributed by atoms with van der Waals surface area (Å²) in [5, 5.41) is 2.59. The van der Waals surface area contributed by atoms with Gasteiger partial charge in [-0.3, -0.25) is 0 Å². The number of hydrogen-bond donors (Lipinski definition) is 1. The third-order valence-corrected chi connectivity index (χ3v) is 2.35. The Labute approximate surface area is 115 Å². The van der Waals surface area contributed by atoms with Crippen molar-refractivity contribution in [1.29, 1.82) is 0 Å². The highest BCUT2D eigenvalue weighted by Crippen LogP contribution is 2.17. The number of hydrogen-bond acceptors (Lipinski definition) is 4. The lowest BCUT2D eigenvalue weighted by Gasteiger charge is -2.29. The van der Waals surface area contributed by atoms with Crippen LogP contribution in [-0.4, -0.2) is 29.8 Å². The van der Waals surface area contributed by atoms with Crippen molar-refractivity contribution in [3.63, 3.8) is 0 Å². The van der Waals surface area contributed by atoms with Gasteiger partial charge in [0.1, 0.15) is 11.1 Å². The van der Waals surface area contributed by atoms with Gasteiger partial charge in [0, 0.05) is 0 Å². The largest absolute Gasteiger partial charge is 0.464 e.